The predicted octanol–water partition coefficient (Wildman–Crippen LogP) is 3.93. The van der Waals surface area contributed by atoms with Gasteiger partial charge in [-0.1, -0.05) is 6.92 Å². The Kier molecular flexibility index (Phi) is 3.91. The molecule has 2 atom stereocenters. The van der Waals surface area contributed by atoms with Crippen LogP contribution in [-0.4, -0.2) is 34.8 Å². The summed E-state index contributed by atoms with van der Waals surface area (Å²) in [4.78, 5) is 8.29. The molecule has 4 rings (SSSR count). The minimum Gasteiger partial charge on any atom is -0.490 e. The summed E-state index contributed by atoms with van der Waals surface area (Å²) >= 11 is 0. The van der Waals surface area contributed by atoms with Crippen LogP contribution in [0.25, 0.3) is 11.3 Å². The van der Waals surface area contributed by atoms with Crippen molar-refractivity contribution in [3.8, 4) is 17.0 Å². The molecule has 2 aliphatic rings. The Morgan fingerprint density at radius 3 is 2.92 bits per heavy atom. The Labute approximate surface area is 153 Å². The second kappa shape index (κ2) is 5.91. The van der Waals surface area contributed by atoms with E-state index in [1.165, 1.54) is 6.33 Å². The molecule has 1 N–H and O–H groups in total. The molecule has 1 fully saturated rings. The molecular weight excluding hydrogens is 333 g/mol. The van der Waals surface area contributed by atoms with Crippen molar-refractivity contribution >= 4 is 5.69 Å². The summed E-state index contributed by atoms with van der Waals surface area (Å²) in [7, 11) is 0. The van der Waals surface area contributed by atoms with Gasteiger partial charge in [0, 0.05) is 23.3 Å². The van der Waals surface area contributed by atoms with Gasteiger partial charge in [-0.15, -0.1) is 0 Å². The second-order valence-corrected chi connectivity index (χ2v) is 7.81. The maximum atomic E-state index is 15.0. The molecule has 2 unspecified atom stereocenters. The molecule has 2 aromatic rings. The summed E-state index contributed by atoms with van der Waals surface area (Å²) in [6.45, 7) is 9.47. The van der Waals surface area contributed by atoms with Crippen molar-refractivity contribution in [2.75, 3.05) is 18.5 Å². The molecule has 5 nitrogen and oxygen atoms in total. The Bertz CT molecular complexity index is 855. The fourth-order valence-corrected chi connectivity index (χ4v) is 4.51. The van der Waals surface area contributed by atoms with Crippen LogP contribution in [0.4, 0.5) is 10.1 Å². The number of fused-ring (bicyclic) bond motifs is 3. The van der Waals surface area contributed by atoms with Gasteiger partial charge < -0.3 is 14.8 Å². The molecule has 1 saturated heterocycles. The van der Waals surface area contributed by atoms with E-state index < -0.39 is 0 Å². The smallest absolute Gasteiger partial charge is 0.163 e. The number of nitrogens with zero attached hydrogens (tertiary/aromatic N) is 2. The van der Waals surface area contributed by atoms with Crippen LogP contribution in [0.3, 0.4) is 0 Å². The van der Waals surface area contributed by atoms with Crippen molar-refractivity contribution in [1.82, 2.24) is 9.97 Å². The van der Waals surface area contributed by atoms with Crippen LogP contribution in [0, 0.1) is 5.82 Å². The molecule has 1 aromatic carbocycles. The molecule has 0 amide bonds. The average molecular weight is 357 g/mol. The highest BCUT2D eigenvalue weighted by molar-refractivity contribution is 5.73. The van der Waals surface area contributed by atoms with Crippen molar-refractivity contribution in [3.63, 3.8) is 0 Å². The van der Waals surface area contributed by atoms with Gasteiger partial charge in [0.05, 0.1) is 24.4 Å². The number of ether oxygens (including phenoxy) is 2. The first-order valence-electron chi connectivity index (χ1n) is 9.04. The summed E-state index contributed by atoms with van der Waals surface area (Å²) in [5.41, 5.74) is 2.36. The molecule has 0 spiro atoms. The predicted molar refractivity (Wildman–Crippen MR) is 98.0 cm³/mol. The van der Waals surface area contributed by atoms with Crippen LogP contribution >= 0.6 is 0 Å². The lowest BCUT2D eigenvalue weighted by molar-refractivity contribution is 0.0352. The van der Waals surface area contributed by atoms with Crippen LogP contribution in [0.5, 0.6) is 5.75 Å². The highest BCUT2D eigenvalue weighted by atomic mass is 19.1. The van der Waals surface area contributed by atoms with Crippen LogP contribution in [0.1, 0.15) is 39.7 Å². The van der Waals surface area contributed by atoms with Crippen molar-refractivity contribution in [1.29, 1.82) is 0 Å². The lowest BCUT2D eigenvalue weighted by Crippen LogP contribution is -2.56. The average Bonchev–Trinajstić information content (AvgIpc) is 2.99. The normalized spacial score (nSPS) is 26.0. The lowest BCUT2D eigenvalue weighted by Gasteiger charge is -2.48. The molecule has 0 bridgehead atoms. The number of nitrogens with one attached hydrogen (secondary N) is 1. The standard InChI is InChI=1S/C20H24FN3O2/c1-5-25-16-10-22-11-23-17(16)12-8-13-15(9-14(12)21)24-19(2,3)18-20(13,4)6-7-26-18/h8-11,18,24H,5-7H2,1-4H3. The minimum absolute atomic E-state index is 0.0255. The van der Waals surface area contributed by atoms with E-state index >= 15 is 4.39 Å². The van der Waals surface area contributed by atoms with Crippen LogP contribution < -0.4 is 10.1 Å². The van der Waals surface area contributed by atoms with E-state index in [0.717, 1.165) is 17.7 Å². The zero-order chi connectivity index (χ0) is 18.5. The van der Waals surface area contributed by atoms with Crippen LogP contribution in [-0.2, 0) is 10.2 Å². The van der Waals surface area contributed by atoms with Crippen molar-refractivity contribution in [3.05, 3.63) is 36.0 Å². The maximum absolute atomic E-state index is 15.0. The van der Waals surface area contributed by atoms with E-state index in [4.69, 9.17) is 9.47 Å². The van der Waals surface area contributed by atoms with Gasteiger partial charge in [-0.2, -0.15) is 0 Å². The Morgan fingerprint density at radius 1 is 1.35 bits per heavy atom. The van der Waals surface area contributed by atoms with Gasteiger partial charge in [0.1, 0.15) is 17.8 Å². The number of hydrogen-bond donors (Lipinski definition) is 1. The largest absolute Gasteiger partial charge is 0.490 e. The molecule has 3 heterocycles. The number of aromatic nitrogens is 2. The van der Waals surface area contributed by atoms with Gasteiger partial charge in [-0.05, 0) is 44.9 Å². The summed E-state index contributed by atoms with van der Waals surface area (Å²) in [5.74, 6) is 0.162. The van der Waals surface area contributed by atoms with Crippen molar-refractivity contribution in [2.24, 2.45) is 0 Å². The quantitative estimate of drug-likeness (QED) is 0.902. The molecule has 0 aliphatic carbocycles. The van der Waals surface area contributed by atoms with Crippen LogP contribution in [0.15, 0.2) is 24.7 Å². The first-order valence-corrected chi connectivity index (χ1v) is 9.04. The molecule has 6 heteroatoms. The van der Waals surface area contributed by atoms with E-state index in [1.54, 1.807) is 12.3 Å². The van der Waals surface area contributed by atoms with E-state index in [2.05, 4.69) is 36.1 Å². The van der Waals surface area contributed by atoms with Gasteiger partial charge in [-0.25, -0.2) is 14.4 Å². The number of rotatable bonds is 3. The van der Waals surface area contributed by atoms with Gasteiger partial charge in [0.15, 0.2) is 5.75 Å². The third kappa shape index (κ3) is 2.47. The van der Waals surface area contributed by atoms with Gasteiger partial charge in [0.25, 0.3) is 0 Å². The summed E-state index contributed by atoms with van der Waals surface area (Å²) in [6, 6.07) is 3.48. The monoisotopic (exact) mass is 357 g/mol. The summed E-state index contributed by atoms with van der Waals surface area (Å²) in [5, 5.41) is 3.46. The van der Waals surface area contributed by atoms with Crippen molar-refractivity contribution < 1.29 is 13.9 Å². The Morgan fingerprint density at radius 2 is 2.15 bits per heavy atom. The third-order valence-electron chi connectivity index (χ3n) is 5.55. The van der Waals surface area contributed by atoms with Gasteiger partial charge >= 0.3 is 0 Å². The van der Waals surface area contributed by atoms with E-state index in [0.29, 0.717) is 30.2 Å². The first kappa shape index (κ1) is 17.2. The van der Waals surface area contributed by atoms with Gasteiger partial charge in [-0.3, -0.25) is 0 Å². The van der Waals surface area contributed by atoms with E-state index in [1.807, 2.05) is 13.0 Å². The highest BCUT2D eigenvalue weighted by Gasteiger charge is 2.53. The minimum atomic E-state index is -0.326. The van der Waals surface area contributed by atoms with E-state index in [9.17, 15) is 0 Å². The van der Waals surface area contributed by atoms with Gasteiger partial charge in [0.2, 0.25) is 0 Å². The molecule has 0 saturated carbocycles. The summed E-state index contributed by atoms with van der Waals surface area (Å²) < 4.78 is 26.7. The Hall–Kier alpha value is -2.21. The molecule has 26 heavy (non-hydrogen) atoms. The van der Waals surface area contributed by atoms with E-state index in [-0.39, 0.29) is 22.9 Å². The fourth-order valence-electron chi connectivity index (χ4n) is 4.51. The number of anilines is 1. The molecule has 1 aromatic heterocycles. The highest BCUT2D eigenvalue weighted by Crippen LogP contribution is 2.51. The number of benzene rings is 1. The SMILES string of the molecule is CCOc1cncnc1-c1cc2c(cc1F)NC(C)(C)C1OCCC21C. The molecule has 138 valence electrons. The fraction of sp³-hybridized carbons (Fsp3) is 0.500. The zero-order valence-corrected chi connectivity index (χ0v) is 15.6. The zero-order valence-electron chi connectivity index (χ0n) is 15.6. The third-order valence-corrected chi connectivity index (χ3v) is 5.55. The summed E-state index contributed by atoms with van der Waals surface area (Å²) in [6.07, 6.45) is 3.93. The van der Waals surface area contributed by atoms with Crippen LogP contribution in [0.2, 0.25) is 0 Å². The number of hydrogen-bond acceptors (Lipinski definition) is 5. The molecule has 0 radical (unpaired) electrons. The lowest BCUT2D eigenvalue weighted by atomic mass is 9.67. The second-order valence-electron chi connectivity index (χ2n) is 7.81. The molecular formula is C20H24FN3O2. The number of halogens is 1. The Balaban J connectivity index is 1.90. The first-order chi connectivity index (χ1) is 12.4. The van der Waals surface area contributed by atoms with Crippen molar-refractivity contribution in [2.45, 2.75) is 51.2 Å². The topological polar surface area (TPSA) is 56.3 Å². The molecule has 2 aliphatic heterocycles. The maximum Gasteiger partial charge on any atom is 0.163 e.